The van der Waals surface area contributed by atoms with E-state index in [0.29, 0.717) is 23.9 Å². The van der Waals surface area contributed by atoms with Crippen molar-refractivity contribution in [1.82, 2.24) is 10.3 Å². The molecule has 0 fully saturated rings. The highest BCUT2D eigenvalue weighted by atomic mass is 35.5. The third-order valence-corrected chi connectivity index (χ3v) is 4.71. The number of H-pyrrole nitrogens is 1. The first kappa shape index (κ1) is 16.3. The average Bonchev–Trinajstić information content (AvgIpc) is 2.82. The number of aromatic amines is 1. The molecule has 0 spiro atoms. The maximum atomic E-state index is 12.5. The van der Waals surface area contributed by atoms with E-state index >= 15 is 0 Å². The van der Waals surface area contributed by atoms with E-state index in [9.17, 15) is 13.6 Å². The molecule has 1 aliphatic heterocycles. The van der Waals surface area contributed by atoms with Crippen LogP contribution in [0.2, 0.25) is 10.0 Å². The summed E-state index contributed by atoms with van der Waals surface area (Å²) in [6.45, 7) is 1.49. The van der Waals surface area contributed by atoms with Gasteiger partial charge in [-0.1, -0.05) is 23.2 Å². The Morgan fingerprint density at radius 3 is 2.87 bits per heavy atom. The predicted octanol–water partition coefficient (Wildman–Crippen LogP) is 3.89. The third kappa shape index (κ3) is 2.85. The summed E-state index contributed by atoms with van der Waals surface area (Å²) >= 11 is 12.3. The van der Waals surface area contributed by atoms with Crippen molar-refractivity contribution < 1.29 is 18.3 Å². The van der Waals surface area contributed by atoms with Gasteiger partial charge in [-0.25, -0.2) is 8.78 Å². The van der Waals surface area contributed by atoms with Gasteiger partial charge in [0.05, 0.1) is 21.5 Å². The van der Waals surface area contributed by atoms with Crippen LogP contribution in [0.3, 0.4) is 0 Å². The number of carbonyl (C=O) groups is 1. The van der Waals surface area contributed by atoms with Crippen LogP contribution in [-0.4, -0.2) is 30.5 Å². The molecule has 1 aromatic carbocycles. The minimum absolute atomic E-state index is 0.129. The number of rotatable bonds is 3. The molecule has 23 heavy (non-hydrogen) atoms. The average molecular weight is 363 g/mol. The monoisotopic (exact) mass is 362 g/mol. The zero-order valence-electron chi connectivity index (χ0n) is 12.2. The lowest BCUT2D eigenvalue weighted by atomic mass is 9.96. The van der Waals surface area contributed by atoms with Crippen LogP contribution < -0.4 is 10.1 Å². The van der Waals surface area contributed by atoms with Crippen LogP contribution in [0.15, 0.2) is 6.07 Å². The highest BCUT2D eigenvalue weighted by Gasteiger charge is 2.29. The third-order valence-electron chi connectivity index (χ3n) is 3.92. The molecule has 1 aliphatic rings. The Morgan fingerprint density at radius 2 is 2.17 bits per heavy atom. The molecule has 0 bridgehead atoms. The first-order valence-electron chi connectivity index (χ1n) is 7.11. The second kappa shape index (κ2) is 6.17. The summed E-state index contributed by atoms with van der Waals surface area (Å²) in [5.74, 6) is -0.378. The molecule has 2 N–H and O–H groups in total. The number of halogens is 4. The van der Waals surface area contributed by atoms with Crippen molar-refractivity contribution in [3.63, 3.8) is 0 Å². The number of ether oxygens (including phenoxy) is 1. The molecule has 1 aromatic heterocycles. The fraction of sp³-hybridized carbons (Fsp3) is 0.400. The van der Waals surface area contributed by atoms with Crippen LogP contribution in [0.1, 0.15) is 24.1 Å². The molecular formula is C15H14Cl2F2N2O2. The number of nitrogens with one attached hydrogen (secondary N) is 2. The van der Waals surface area contributed by atoms with Gasteiger partial charge >= 0.3 is 0 Å². The zero-order valence-corrected chi connectivity index (χ0v) is 13.7. The number of carbonyl (C=O) groups excluding carboxylic acids is 1. The highest BCUT2D eigenvalue weighted by molar-refractivity contribution is 6.45. The lowest BCUT2D eigenvalue weighted by Gasteiger charge is -2.13. The van der Waals surface area contributed by atoms with Gasteiger partial charge in [-0.3, -0.25) is 4.79 Å². The molecule has 2 heterocycles. The summed E-state index contributed by atoms with van der Waals surface area (Å²) in [4.78, 5) is 15.3. The van der Waals surface area contributed by atoms with Crippen molar-refractivity contribution in [3.8, 4) is 5.75 Å². The molecule has 8 heteroatoms. The van der Waals surface area contributed by atoms with Crippen LogP contribution in [0.25, 0.3) is 10.9 Å². The lowest BCUT2D eigenvalue weighted by Crippen LogP contribution is -2.26. The molecule has 1 amide bonds. The van der Waals surface area contributed by atoms with Gasteiger partial charge in [0.25, 0.3) is 6.43 Å². The van der Waals surface area contributed by atoms with Crippen molar-refractivity contribution in [2.45, 2.75) is 25.7 Å². The molecule has 0 aliphatic carbocycles. The second-order valence-corrected chi connectivity index (χ2v) is 6.19. The van der Waals surface area contributed by atoms with E-state index < -0.39 is 19.0 Å². The smallest absolute Gasteiger partial charge is 0.272 e. The Labute approximate surface area is 141 Å². The quantitative estimate of drug-likeness (QED) is 0.869. The van der Waals surface area contributed by atoms with E-state index in [1.807, 2.05) is 0 Å². The van der Waals surface area contributed by atoms with Crippen LogP contribution in [-0.2, 0) is 11.2 Å². The van der Waals surface area contributed by atoms with Gasteiger partial charge in [-0.15, -0.1) is 0 Å². The molecule has 0 radical (unpaired) electrons. The largest absolute Gasteiger partial charge is 0.487 e. The number of fused-ring (bicyclic) bond motifs is 3. The maximum Gasteiger partial charge on any atom is 0.272 e. The molecule has 0 saturated carbocycles. The second-order valence-electron chi connectivity index (χ2n) is 5.40. The van der Waals surface area contributed by atoms with Gasteiger partial charge < -0.3 is 15.0 Å². The fourth-order valence-electron chi connectivity index (χ4n) is 2.89. The van der Waals surface area contributed by atoms with E-state index in [1.54, 1.807) is 6.92 Å². The maximum absolute atomic E-state index is 12.5. The van der Waals surface area contributed by atoms with Gasteiger partial charge in [-0.2, -0.15) is 0 Å². The van der Waals surface area contributed by atoms with Crippen molar-refractivity contribution in [2.24, 2.45) is 0 Å². The topological polar surface area (TPSA) is 54.1 Å². The number of alkyl halides is 2. The number of amides is 1. The van der Waals surface area contributed by atoms with E-state index in [1.165, 1.54) is 6.07 Å². The first-order valence-corrected chi connectivity index (χ1v) is 7.86. The van der Waals surface area contributed by atoms with Crippen LogP contribution >= 0.6 is 23.2 Å². The van der Waals surface area contributed by atoms with Crippen LogP contribution in [0.5, 0.6) is 5.75 Å². The summed E-state index contributed by atoms with van der Waals surface area (Å²) < 4.78 is 30.2. The van der Waals surface area contributed by atoms with Crippen molar-refractivity contribution in [2.75, 3.05) is 13.2 Å². The Bertz CT molecular complexity index is 777. The van der Waals surface area contributed by atoms with Gasteiger partial charge in [-0.05, 0) is 12.5 Å². The van der Waals surface area contributed by atoms with Crippen LogP contribution in [0, 0.1) is 0 Å². The Balaban J connectivity index is 2.25. The highest BCUT2D eigenvalue weighted by Crippen LogP contribution is 2.43. The normalized spacial score (nSPS) is 18.0. The van der Waals surface area contributed by atoms with Gasteiger partial charge in [0.15, 0.2) is 0 Å². The summed E-state index contributed by atoms with van der Waals surface area (Å²) in [7, 11) is 0. The lowest BCUT2D eigenvalue weighted by molar-refractivity contribution is -0.121. The standard InChI is InChI=1S/C15H14Cl2F2N2O2/c1-6-11-8(2-3-20-15(6)22)21-14-12(11)9(23-5-10(18)19)4-7(16)13(14)17/h4,6,10,21H,2-3,5H2,1H3,(H,20,22)/t6-/m1/s1. The minimum Gasteiger partial charge on any atom is -0.487 e. The van der Waals surface area contributed by atoms with E-state index in [0.717, 1.165) is 11.3 Å². The Kier molecular flexibility index (Phi) is 4.38. The summed E-state index contributed by atoms with van der Waals surface area (Å²) in [6.07, 6.45) is -2.03. The zero-order chi connectivity index (χ0) is 16.7. The van der Waals surface area contributed by atoms with Gasteiger partial charge in [0.1, 0.15) is 12.4 Å². The van der Waals surface area contributed by atoms with E-state index in [-0.39, 0.29) is 21.7 Å². The molecule has 4 nitrogen and oxygen atoms in total. The van der Waals surface area contributed by atoms with Gasteiger partial charge in [0, 0.05) is 30.1 Å². The van der Waals surface area contributed by atoms with E-state index in [4.69, 9.17) is 27.9 Å². The van der Waals surface area contributed by atoms with E-state index in [2.05, 4.69) is 10.3 Å². The molecule has 3 rings (SSSR count). The molecular weight excluding hydrogens is 349 g/mol. The summed E-state index contributed by atoms with van der Waals surface area (Å²) in [5.41, 5.74) is 2.06. The van der Waals surface area contributed by atoms with Crippen molar-refractivity contribution in [1.29, 1.82) is 0 Å². The van der Waals surface area contributed by atoms with Gasteiger partial charge in [0.2, 0.25) is 5.91 Å². The SMILES string of the molecule is C[C@H]1C(=O)NCCc2[nH]c3c(Cl)c(Cl)cc(OCC(F)F)c3c21. The molecule has 1 atom stereocenters. The molecule has 124 valence electrons. The number of benzene rings is 1. The van der Waals surface area contributed by atoms with Crippen molar-refractivity contribution >= 4 is 40.0 Å². The summed E-state index contributed by atoms with van der Waals surface area (Å²) in [5, 5.41) is 3.84. The number of aromatic nitrogens is 1. The molecule has 0 unspecified atom stereocenters. The molecule has 2 aromatic rings. The predicted molar refractivity (Wildman–Crippen MR) is 84.9 cm³/mol. The minimum atomic E-state index is -2.61. The van der Waals surface area contributed by atoms with Crippen LogP contribution in [0.4, 0.5) is 8.78 Å². The molecule has 0 saturated heterocycles. The Morgan fingerprint density at radius 1 is 1.43 bits per heavy atom. The van der Waals surface area contributed by atoms with Crippen molar-refractivity contribution in [3.05, 3.63) is 27.4 Å². The fourth-order valence-corrected chi connectivity index (χ4v) is 3.28. The number of hydrogen-bond donors (Lipinski definition) is 2. The summed E-state index contributed by atoms with van der Waals surface area (Å²) in [6, 6.07) is 1.41. The Hall–Kier alpha value is -1.53. The number of hydrogen-bond acceptors (Lipinski definition) is 2. The first-order chi connectivity index (χ1) is 10.9.